The van der Waals surface area contributed by atoms with Crippen LogP contribution in [0.4, 0.5) is 11.8 Å². The van der Waals surface area contributed by atoms with Crippen molar-refractivity contribution in [3.8, 4) is 0 Å². The molecular formula is C11H18N4. The Kier molecular flexibility index (Phi) is 2.50. The first-order valence-corrected chi connectivity index (χ1v) is 5.41. The molecule has 15 heavy (non-hydrogen) atoms. The molecule has 0 amide bonds. The molecule has 1 unspecified atom stereocenters. The van der Waals surface area contributed by atoms with E-state index in [1.165, 1.54) is 12.8 Å². The fraction of sp³-hybridized carbons (Fsp3) is 0.636. The maximum Gasteiger partial charge on any atom is 0.221 e. The molecule has 0 spiro atoms. The van der Waals surface area contributed by atoms with Gasteiger partial charge in [0.05, 0.1) is 0 Å². The Morgan fingerprint density at radius 1 is 1.53 bits per heavy atom. The minimum Gasteiger partial charge on any atom is -0.368 e. The van der Waals surface area contributed by atoms with Crippen LogP contribution in [0.15, 0.2) is 6.20 Å². The molecule has 2 N–H and O–H groups in total. The van der Waals surface area contributed by atoms with Crippen LogP contribution in [0, 0.1) is 12.8 Å². The van der Waals surface area contributed by atoms with Gasteiger partial charge in [0.1, 0.15) is 5.82 Å². The van der Waals surface area contributed by atoms with E-state index in [0.29, 0.717) is 12.0 Å². The quantitative estimate of drug-likeness (QED) is 0.816. The zero-order valence-corrected chi connectivity index (χ0v) is 9.57. The lowest BCUT2D eigenvalue weighted by molar-refractivity contribution is 0.602. The van der Waals surface area contributed by atoms with Crippen molar-refractivity contribution in [2.75, 3.05) is 17.7 Å². The predicted octanol–water partition coefficient (Wildman–Crippen LogP) is 1.60. The third kappa shape index (κ3) is 2.03. The molecule has 0 aliphatic heterocycles. The smallest absolute Gasteiger partial charge is 0.221 e. The average molecular weight is 206 g/mol. The third-order valence-electron chi connectivity index (χ3n) is 3.21. The van der Waals surface area contributed by atoms with Crippen LogP contribution in [0.5, 0.6) is 0 Å². The Labute approximate surface area is 90.5 Å². The summed E-state index contributed by atoms with van der Waals surface area (Å²) in [6, 6.07) is 0.540. The molecular weight excluding hydrogens is 188 g/mol. The van der Waals surface area contributed by atoms with Crippen molar-refractivity contribution in [1.82, 2.24) is 9.97 Å². The molecule has 4 heteroatoms. The molecule has 4 nitrogen and oxygen atoms in total. The van der Waals surface area contributed by atoms with Crippen LogP contribution < -0.4 is 10.6 Å². The van der Waals surface area contributed by atoms with E-state index < -0.39 is 0 Å². The number of hydrogen-bond acceptors (Lipinski definition) is 4. The maximum absolute atomic E-state index is 5.61. The second-order valence-electron chi connectivity index (χ2n) is 4.42. The summed E-state index contributed by atoms with van der Waals surface area (Å²) in [5, 5.41) is 0. The highest BCUT2D eigenvalue weighted by molar-refractivity contribution is 5.48. The van der Waals surface area contributed by atoms with E-state index in [1.54, 1.807) is 6.20 Å². The number of anilines is 2. The van der Waals surface area contributed by atoms with Gasteiger partial charge in [-0.1, -0.05) is 0 Å². The van der Waals surface area contributed by atoms with Gasteiger partial charge in [0.25, 0.3) is 0 Å². The van der Waals surface area contributed by atoms with E-state index in [-0.39, 0.29) is 0 Å². The first-order chi connectivity index (χ1) is 7.09. The van der Waals surface area contributed by atoms with Crippen molar-refractivity contribution in [2.24, 2.45) is 5.92 Å². The SMILES string of the molecule is Cc1cnc(N)nc1N(C)C(C)C1CC1. The number of aryl methyl sites for hydroxylation is 1. The van der Waals surface area contributed by atoms with Gasteiger partial charge < -0.3 is 10.6 Å². The summed E-state index contributed by atoms with van der Waals surface area (Å²) >= 11 is 0. The van der Waals surface area contributed by atoms with Gasteiger partial charge in [-0.2, -0.15) is 4.98 Å². The average Bonchev–Trinajstić information content (AvgIpc) is 3.03. The second-order valence-corrected chi connectivity index (χ2v) is 4.42. The van der Waals surface area contributed by atoms with Crippen LogP contribution >= 0.6 is 0 Å². The van der Waals surface area contributed by atoms with Crippen LogP contribution in [-0.2, 0) is 0 Å². The first kappa shape index (κ1) is 10.2. The van der Waals surface area contributed by atoms with Crippen LogP contribution in [0.1, 0.15) is 25.3 Å². The normalized spacial score (nSPS) is 17.5. The fourth-order valence-electron chi connectivity index (χ4n) is 1.89. The predicted molar refractivity (Wildman–Crippen MR) is 61.8 cm³/mol. The molecule has 1 aliphatic rings. The molecule has 82 valence electrons. The Morgan fingerprint density at radius 2 is 2.20 bits per heavy atom. The van der Waals surface area contributed by atoms with Crippen molar-refractivity contribution in [3.63, 3.8) is 0 Å². The molecule has 2 rings (SSSR count). The number of nitrogens with zero attached hydrogens (tertiary/aromatic N) is 3. The van der Waals surface area contributed by atoms with Crippen LogP contribution in [0.2, 0.25) is 0 Å². The highest BCUT2D eigenvalue weighted by Crippen LogP contribution is 2.36. The zero-order chi connectivity index (χ0) is 11.0. The van der Waals surface area contributed by atoms with E-state index in [4.69, 9.17) is 5.73 Å². The number of rotatable bonds is 3. The lowest BCUT2D eigenvalue weighted by Gasteiger charge is -2.27. The Hall–Kier alpha value is -1.32. The summed E-state index contributed by atoms with van der Waals surface area (Å²) in [5.41, 5.74) is 6.69. The van der Waals surface area contributed by atoms with E-state index in [9.17, 15) is 0 Å². The summed E-state index contributed by atoms with van der Waals surface area (Å²) in [7, 11) is 2.08. The van der Waals surface area contributed by atoms with E-state index in [1.807, 2.05) is 6.92 Å². The molecule has 1 saturated carbocycles. The molecule has 1 heterocycles. The van der Waals surface area contributed by atoms with Crippen molar-refractivity contribution >= 4 is 11.8 Å². The summed E-state index contributed by atoms with van der Waals surface area (Å²) < 4.78 is 0. The minimum absolute atomic E-state index is 0.352. The molecule has 0 radical (unpaired) electrons. The van der Waals surface area contributed by atoms with Gasteiger partial charge in [0.15, 0.2) is 0 Å². The molecule has 1 fully saturated rings. The highest BCUT2D eigenvalue weighted by atomic mass is 15.2. The Morgan fingerprint density at radius 3 is 2.80 bits per heavy atom. The third-order valence-corrected chi connectivity index (χ3v) is 3.21. The van der Waals surface area contributed by atoms with Gasteiger partial charge in [-0.3, -0.25) is 0 Å². The summed E-state index contributed by atoms with van der Waals surface area (Å²) in [6.07, 6.45) is 4.46. The largest absolute Gasteiger partial charge is 0.368 e. The second kappa shape index (κ2) is 3.68. The monoisotopic (exact) mass is 206 g/mol. The van der Waals surface area contributed by atoms with Crippen molar-refractivity contribution in [3.05, 3.63) is 11.8 Å². The van der Waals surface area contributed by atoms with E-state index >= 15 is 0 Å². The standard InChI is InChI=1S/C11H18N4/c1-7-6-13-11(12)14-10(7)15(3)8(2)9-4-5-9/h6,8-9H,4-5H2,1-3H3,(H2,12,13,14). The van der Waals surface area contributed by atoms with Gasteiger partial charge in [0, 0.05) is 24.8 Å². The van der Waals surface area contributed by atoms with Crippen molar-refractivity contribution in [2.45, 2.75) is 32.7 Å². The molecule has 1 atom stereocenters. The first-order valence-electron chi connectivity index (χ1n) is 5.41. The topological polar surface area (TPSA) is 55.0 Å². The lowest BCUT2D eigenvalue weighted by atomic mass is 10.2. The van der Waals surface area contributed by atoms with Gasteiger partial charge >= 0.3 is 0 Å². The van der Waals surface area contributed by atoms with Crippen molar-refractivity contribution < 1.29 is 0 Å². The summed E-state index contributed by atoms with van der Waals surface area (Å²) in [6.45, 7) is 4.26. The maximum atomic E-state index is 5.61. The molecule has 1 aliphatic carbocycles. The minimum atomic E-state index is 0.352. The molecule has 1 aromatic heterocycles. The Bertz CT molecular complexity index is 360. The van der Waals surface area contributed by atoms with Crippen LogP contribution in [-0.4, -0.2) is 23.1 Å². The highest BCUT2D eigenvalue weighted by Gasteiger charge is 2.31. The number of aromatic nitrogens is 2. The summed E-state index contributed by atoms with van der Waals surface area (Å²) in [5.74, 6) is 2.14. The summed E-state index contributed by atoms with van der Waals surface area (Å²) in [4.78, 5) is 10.5. The van der Waals surface area contributed by atoms with Crippen LogP contribution in [0.3, 0.4) is 0 Å². The van der Waals surface area contributed by atoms with Crippen molar-refractivity contribution in [1.29, 1.82) is 0 Å². The van der Waals surface area contributed by atoms with Gasteiger partial charge in [-0.05, 0) is 32.6 Å². The number of hydrogen-bond donors (Lipinski definition) is 1. The van der Waals surface area contributed by atoms with Gasteiger partial charge in [-0.25, -0.2) is 4.98 Å². The molecule has 0 bridgehead atoms. The molecule has 1 aromatic rings. The van der Waals surface area contributed by atoms with Gasteiger partial charge in [-0.15, -0.1) is 0 Å². The number of nitrogen functional groups attached to an aromatic ring is 1. The van der Waals surface area contributed by atoms with Gasteiger partial charge in [0.2, 0.25) is 5.95 Å². The number of nitrogens with two attached hydrogens (primary N) is 1. The lowest BCUT2D eigenvalue weighted by Crippen LogP contribution is -2.32. The molecule has 0 saturated heterocycles. The van der Waals surface area contributed by atoms with E-state index in [0.717, 1.165) is 17.3 Å². The Balaban J connectivity index is 2.23. The fourth-order valence-corrected chi connectivity index (χ4v) is 1.89. The molecule has 0 aromatic carbocycles. The zero-order valence-electron chi connectivity index (χ0n) is 9.57. The van der Waals surface area contributed by atoms with E-state index in [2.05, 4.69) is 28.8 Å². The van der Waals surface area contributed by atoms with Crippen LogP contribution in [0.25, 0.3) is 0 Å².